The summed E-state index contributed by atoms with van der Waals surface area (Å²) in [6.07, 6.45) is 2.65. The lowest BCUT2D eigenvalue weighted by atomic mass is 9.95. The lowest BCUT2D eigenvalue weighted by molar-refractivity contribution is -0.151. The lowest BCUT2D eigenvalue weighted by Gasteiger charge is -2.21. The van der Waals surface area contributed by atoms with E-state index in [0.29, 0.717) is 96.3 Å². The molecule has 3 aromatic carbocycles. The number of carboxylic acid groups (broad SMARTS) is 1. The molecule has 3 unspecified atom stereocenters. The van der Waals surface area contributed by atoms with Gasteiger partial charge in [-0.3, -0.25) is 27.3 Å². The number of phenolic OH excluding ortho intramolecular Hbond substituents is 2. The number of carboxylic acids is 1. The average Bonchev–Trinajstić information content (AvgIpc) is 1.69. The van der Waals surface area contributed by atoms with Crippen LogP contribution in [-0.4, -0.2) is 191 Å². The number of esters is 5. The third kappa shape index (κ3) is 26.3. The van der Waals surface area contributed by atoms with E-state index >= 15 is 0 Å². The number of carbonyl (C=O) groups is 6. The van der Waals surface area contributed by atoms with Crippen LogP contribution in [0.5, 0.6) is 34.5 Å². The van der Waals surface area contributed by atoms with E-state index in [1.807, 2.05) is 52.8 Å². The molecule has 0 amide bonds. The van der Waals surface area contributed by atoms with Gasteiger partial charge in [0.05, 0.1) is 59.6 Å². The second-order valence-corrected chi connectivity index (χ2v) is 37.3. The lowest BCUT2D eigenvalue weighted by Crippen LogP contribution is -2.25. The predicted molar refractivity (Wildman–Crippen MR) is 385 cm³/mol. The zero-order chi connectivity index (χ0) is 77.5. The first-order chi connectivity index (χ1) is 48.2. The molecule has 3 aliphatic heterocycles. The number of rotatable bonds is 39. The highest BCUT2D eigenvalue weighted by Gasteiger charge is 2.37. The van der Waals surface area contributed by atoms with E-state index in [9.17, 15) is 67.4 Å². The maximum atomic E-state index is 12.6. The summed E-state index contributed by atoms with van der Waals surface area (Å²) in [5.74, 6) is -2.23. The maximum absolute atomic E-state index is 12.6. The molecular weight excluding hydrogens is 1420 g/mol. The van der Waals surface area contributed by atoms with Crippen molar-refractivity contribution in [3.63, 3.8) is 0 Å². The van der Waals surface area contributed by atoms with E-state index in [2.05, 4.69) is 40.1 Å². The summed E-state index contributed by atoms with van der Waals surface area (Å²) in [6.45, 7) is 28.3. The van der Waals surface area contributed by atoms with Gasteiger partial charge < -0.3 is 88.6 Å². The Hall–Kier alpha value is -6.95. The van der Waals surface area contributed by atoms with Crippen LogP contribution < -0.4 is 34.9 Å². The van der Waals surface area contributed by atoms with E-state index in [4.69, 9.17) is 56.8 Å². The van der Waals surface area contributed by atoms with Gasteiger partial charge in [0.2, 0.25) is 0 Å². The Kier molecular flexibility index (Phi) is 34.8. The molecule has 9 N–H and O–H groups in total. The normalized spacial score (nSPS) is 16.1. The van der Waals surface area contributed by atoms with Crippen molar-refractivity contribution < 1.29 is 129 Å². The van der Waals surface area contributed by atoms with Crippen LogP contribution in [0.25, 0.3) is 0 Å². The van der Waals surface area contributed by atoms with Crippen LogP contribution in [0.15, 0.2) is 34.9 Å². The zero-order valence-corrected chi connectivity index (χ0v) is 65.7. The minimum absolute atomic E-state index is 0.104. The highest BCUT2D eigenvalue weighted by Crippen LogP contribution is 2.48. The molecule has 0 aliphatic carbocycles. The number of hydrogen-bond donors (Lipinski definition) is 9. The topological polar surface area (TPSA) is 422 Å². The predicted octanol–water partition coefficient (Wildman–Crippen LogP) is 9.37. The molecule has 3 aliphatic rings. The number of ether oxygens (including phenoxy) is 9. The first-order valence-corrected chi connectivity index (χ1v) is 42.5. The fourth-order valence-corrected chi connectivity index (χ4v) is 14.9. The SMILES string of the molecule is CCOC(=O)[C@H](C)OP(=O)(O)CCNC/C(C)=C/Cc1c(O)c2c(c(C)c1OC)COC2=O.CCOC(=O)[C@H](C)OP(=O)(O)CCNC/C(C)=C/Cc1c(OC)c(C)c2c(c1OCC[Si](C)(C)C)C(=O)OC2.COc1c(C)c2c(c(O)c1C/C=C(\C)CNCCP(=O)(O)O[C@@H](C)C(=O)O)C(=O)OC2. The number of phenols is 2. The number of nitrogens with one attached hydrogen (secondary N) is 3. The van der Waals surface area contributed by atoms with E-state index in [1.165, 1.54) is 35.0 Å². The monoisotopic (exact) mass is 1530 g/mol. The van der Waals surface area contributed by atoms with Gasteiger partial charge in [-0.05, 0) is 118 Å². The van der Waals surface area contributed by atoms with Crippen molar-refractivity contribution in [2.45, 2.75) is 159 Å². The first kappa shape index (κ1) is 88.4. The van der Waals surface area contributed by atoms with Crippen LogP contribution in [-0.2, 0) is 104 Å². The van der Waals surface area contributed by atoms with Crippen molar-refractivity contribution in [1.29, 1.82) is 0 Å². The van der Waals surface area contributed by atoms with Gasteiger partial charge >= 0.3 is 58.6 Å². The summed E-state index contributed by atoms with van der Waals surface area (Å²) in [5.41, 5.74) is 9.82. The molecule has 6 rings (SSSR count). The van der Waals surface area contributed by atoms with Gasteiger partial charge in [0.1, 0.15) is 71.0 Å². The van der Waals surface area contributed by atoms with Gasteiger partial charge in [-0.2, -0.15) is 0 Å². The molecule has 3 aromatic rings. The zero-order valence-electron chi connectivity index (χ0n) is 62.0. The molecule has 0 saturated carbocycles. The molecule has 0 bridgehead atoms. The van der Waals surface area contributed by atoms with Crippen molar-refractivity contribution in [1.82, 2.24) is 16.0 Å². The quantitative estimate of drug-likeness (QED) is 0.00641. The standard InChI is InChI=1S/C27H44NO9PSi.C22H32NO9P.C20H28NO9P/c1-9-34-26(29)20(4)37-38(31,32)14-12-28-16-18(2)10-11-21-24(33-5)19(3)22-17-36-27(30)23(22)25(21)35-13-15-39(6,7)8;1-6-30-21(25)15(4)32-33(27,28)10-9-23-11-13(2)7-8-16-19(24)18-17(12-31-22(18)26)14(3)20(16)29-5;1-11(9-21-7-8-31(26,27)30-13(3)19(23)24)5-6-14-17(22)16-15(10-29-20(16)25)12(2)18(14)28-4/h10,20,28H,9,11-17H2,1-8H3,(H,31,32);7,15,23-24H,6,8-12H2,1-5H3,(H,27,28);5,13,21-22H,6-10H2,1-4H3,(H,23,24)(H,26,27)/b18-10+;13-7+;11-5+/t20-;15-;13-/m000/s1. The van der Waals surface area contributed by atoms with Crippen molar-refractivity contribution in [2.75, 3.05) is 98.9 Å². The van der Waals surface area contributed by atoms with E-state index in [1.54, 1.807) is 27.9 Å². The Bertz CT molecular complexity index is 3790. The number of aliphatic carboxylic acids is 1. The number of benzene rings is 3. The fraction of sp³-hybridized carbons (Fsp3) is 0.565. The molecule has 30 nitrogen and oxygen atoms in total. The molecule has 6 atom stereocenters. The van der Waals surface area contributed by atoms with Crippen molar-refractivity contribution >= 4 is 66.7 Å². The third-order valence-electron chi connectivity index (χ3n) is 16.5. The number of carbonyl (C=O) groups excluding carboxylic acids is 5. The summed E-state index contributed by atoms with van der Waals surface area (Å²) in [6, 6.07) is 0.947. The van der Waals surface area contributed by atoms with E-state index in [-0.39, 0.29) is 99.7 Å². The molecule has 3 heterocycles. The van der Waals surface area contributed by atoms with Crippen molar-refractivity contribution in [3.05, 3.63) is 102 Å². The summed E-state index contributed by atoms with van der Waals surface area (Å²) >= 11 is 0. The average molecular weight is 1530 g/mol. The second-order valence-electron chi connectivity index (χ2n) is 25.8. The van der Waals surface area contributed by atoms with Crippen LogP contribution in [0.2, 0.25) is 25.7 Å². The van der Waals surface area contributed by atoms with Crippen LogP contribution in [0.4, 0.5) is 0 Å². The minimum Gasteiger partial charge on any atom is -0.507 e. The van der Waals surface area contributed by atoms with Gasteiger partial charge in [0.25, 0.3) is 0 Å². The van der Waals surface area contributed by atoms with E-state index < -0.39 is 79.0 Å². The number of aromatic hydroxyl groups is 2. The van der Waals surface area contributed by atoms with Gasteiger partial charge in [-0.15, -0.1) is 0 Å². The molecule has 0 saturated heterocycles. The molecule has 0 radical (unpaired) electrons. The molecule has 0 aromatic heterocycles. The largest absolute Gasteiger partial charge is 0.507 e. The third-order valence-corrected chi connectivity index (χ3v) is 22.5. The summed E-state index contributed by atoms with van der Waals surface area (Å²) < 4.78 is 98.9. The maximum Gasteiger partial charge on any atom is 0.342 e. The molecule has 576 valence electrons. The van der Waals surface area contributed by atoms with Gasteiger partial charge in [0, 0.05) is 80.7 Å². The molecule has 0 fully saturated rings. The summed E-state index contributed by atoms with van der Waals surface area (Å²) in [7, 11) is -8.69. The summed E-state index contributed by atoms with van der Waals surface area (Å²) in [5, 5.41) is 39.2. The number of methoxy groups -OCH3 is 3. The highest BCUT2D eigenvalue weighted by molar-refractivity contribution is 7.53. The molecule has 103 heavy (non-hydrogen) atoms. The van der Waals surface area contributed by atoms with Crippen LogP contribution in [0, 0.1) is 20.8 Å². The van der Waals surface area contributed by atoms with Crippen molar-refractivity contribution in [3.8, 4) is 34.5 Å². The number of allylic oxidation sites excluding steroid dienone is 3. The Morgan fingerprint density at radius 1 is 0.524 bits per heavy atom. The molecular formula is C69H104N3O27P3Si. The van der Waals surface area contributed by atoms with Gasteiger partial charge in [0.15, 0.2) is 18.3 Å². The fourth-order valence-electron chi connectivity index (χ4n) is 10.8. The van der Waals surface area contributed by atoms with E-state index in [0.717, 1.165) is 50.6 Å². The van der Waals surface area contributed by atoms with Gasteiger partial charge in [-0.25, -0.2) is 28.8 Å². The first-order valence-electron chi connectivity index (χ1n) is 33.6. The Morgan fingerprint density at radius 2 is 0.835 bits per heavy atom. The van der Waals surface area contributed by atoms with Crippen LogP contribution in [0.1, 0.15) is 137 Å². The Labute approximate surface area is 603 Å². The highest BCUT2D eigenvalue weighted by atomic mass is 31.2. The smallest absolute Gasteiger partial charge is 0.342 e. The van der Waals surface area contributed by atoms with Gasteiger partial charge in [-0.1, -0.05) is 54.6 Å². The number of fused-ring (bicyclic) bond motifs is 3. The molecule has 34 heteroatoms. The summed E-state index contributed by atoms with van der Waals surface area (Å²) in [4.78, 5) is 100. The second kappa shape index (κ2) is 40.5. The Morgan fingerprint density at radius 3 is 1.16 bits per heavy atom. The molecule has 0 spiro atoms. The Balaban J connectivity index is 0.000000330. The van der Waals surface area contributed by atoms with Crippen molar-refractivity contribution in [2.24, 2.45) is 0 Å². The number of cyclic esters (lactones) is 3. The van der Waals surface area contributed by atoms with Crippen LogP contribution in [0.3, 0.4) is 0 Å². The van der Waals surface area contributed by atoms with Crippen LogP contribution >= 0.6 is 22.8 Å². The minimum atomic E-state index is -4.02. The number of hydrogen-bond acceptors (Lipinski definition) is 26.